The Morgan fingerprint density at radius 2 is 1.89 bits per heavy atom. The van der Waals surface area contributed by atoms with Crippen molar-refractivity contribution in [2.75, 3.05) is 0 Å². The van der Waals surface area contributed by atoms with Gasteiger partial charge in [-0.1, -0.05) is 23.7 Å². The average molecular weight is 265 g/mol. The van der Waals surface area contributed by atoms with Crippen LogP contribution < -0.4 is 4.74 Å². The number of hydrogen-bond acceptors (Lipinski definition) is 2. The standard InChI is InChI=1S/C14H10ClFO2/c1-9(17)11-8-10(16)6-7-13(11)18-14-5-3-2-4-12(14)15/h2-8H,1H3. The SMILES string of the molecule is CC(=O)c1cc(F)ccc1Oc1ccccc1Cl. The van der Waals surface area contributed by atoms with Crippen LogP contribution in [-0.2, 0) is 0 Å². The number of halogens is 2. The van der Waals surface area contributed by atoms with Crippen molar-refractivity contribution in [1.82, 2.24) is 0 Å². The number of carbonyl (C=O) groups is 1. The van der Waals surface area contributed by atoms with Crippen LogP contribution in [0.4, 0.5) is 4.39 Å². The highest BCUT2D eigenvalue weighted by Crippen LogP contribution is 2.31. The summed E-state index contributed by atoms with van der Waals surface area (Å²) in [6, 6.07) is 10.7. The minimum absolute atomic E-state index is 0.190. The summed E-state index contributed by atoms with van der Waals surface area (Å²) in [5.41, 5.74) is 0.190. The first-order valence-corrected chi connectivity index (χ1v) is 5.68. The van der Waals surface area contributed by atoms with Gasteiger partial charge >= 0.3 is 0 Å². The topological polar surface area (TPSA) is 26.3 Å². The molecule has 0 spiro atoms. The van der Waals surface area contributed by atoms with Gasteiger partial charge in [-0.15, -0.1) is 0 Å². The summed E-state index contributed by atoms with van der Waals surface area (Å²) in [4.78, 5) is 11.4. The van der Waals surface area contributed by atoms with Crippen LogP contribution in [0.15, 0.2) is 42.5 Å². The predicted molar refractivity (Wildman–Crippen MR) is 67.9 cm³/mol. The summed E-state index contributed by atoms with van der Waals surface area (Å²) in [5.74, 6) is -0.0338. The predicted octanol–water partition coefficient (Wildman–Crippen LogP) is 4.47. The fourth-order valence-electron chi connectivity index (χ4n) is 1.51. The summed E-state index contributed by atoms with van der Waals surface area (Å²) in [6.45, 7) is 1.36. The van der Waals surface area contributed by atoms with E-state index in [4.69, 9.17) is 16.3 Å². The van der Waals surface area contributed by atoms with Gasteiger partial charge in [-0.2, -0.15) is 0 Å². The van der Waals surface area contributed by atoms with E-state index in [9.17, 15) is 9.18 Å². The van der Waals surface area contributed by atoms with Crippen molar-refractivity contribution in [3.63, 3.8) is 0 Å². The number of Topliss-reactive ketones (excluding diaryl/α,β-unsaturated/α-hetero) is 1. The van der Waals surface area contributed by atoms with Crippen molar-refractivity contribution in [2.45, 2.75) is 6.92 Å². The van der Waals surface area contributed by atoms with Crippen molar-refractivity contribution in [2.24, 2.45) is 0 Å². The van der Waals surface area contributed by atoms with Crippen LogP contribution in [0.5, 0.6) is 11.5 Å². The van der Waals surface area contributed by atoms with E-state index in [0.29, 0.717) is 10.8 Å². The molecule has 2 aromatic rings. The normalized spacial score (nSPS) is 10.2. The molecule has 0 radical (unpaired) electrons. The largest absolute Gasteiger partial charge is 0.455 e. The van der Waals surface area contributed by atoms with Crippen LogP contribution in [0.25, 0.3) is 0 Å². The van der Waals surface area contributed by atoms with Crippen LogP contribution in [0.1, 0.15) is 17.3 Å². The average Bonchev–Trinajstić information content (AvgIpc) is 2.34. The van der Waals surface area contributed by atoms with Crippen LogP contribution in [0.3, 0.4) is 0 Å². The van der Waals surface area contributed by atoms with Gasteiger partial charge in [0.05, 0.1) is 10.6 Å². The minimum atomic E-state index is -0.480. The van der Waals surface area contributed by atoms with Gasteiger partial charge in [-0.25, -0.2) is 4.39 Å². The first-order chi connectivity index (χ1) is 8.58. The van der Waals surface area contributed by atoms with E-state index in [1.165, 1.54) is 19.1 Å². The second-order valence-corrected chi connectivity index (χ2v) is 4.14. The smallest absolute Gasteiger partial charge is 0.163 e. The number of hydrogen-bond donors (Lipinski definition) is 0. The molecule has 2 rings (SSSR count). The number of benzene rings is 2. The molecule has 0 aliphatic rings. The molecule has 0 amide bonds. The first-order valence-electron chi connectivity index (χ1n) is 5.31. The zero-order valence-corrected chi connectivity index (χ0v) is 10.4. The lowest BCUT2D eigenvalue weighted by atomic mass is 10.1. The third kappa shape index (κ3) is 2.68. The molecular weight excluding hydrogens is 255 g/mol. The molecular formula is C14H10ClFO2. The van der Waals surface area contributed by atoms with Gasteiger partial charge in [0.15, 0.2) is 5.78 Å². The second-order valence-electron chi connectivity index (χ2n) is 3.73. The molecule has 0 aliphatic carbocycles. The molecule has 4 heteroatoms. The van der Waals surface area contributed by atoms with Crippen LogP contribution in [-0.4, -0.2) is 5.78 Å². The van der Waals surface area contributed by atoms with Gasteiger partial charge in [0, 0.05) is 0 Å². The van der Waals surface area contributed by atoms with Crippen LogP contribution in [0, 0.1) is 5.82 Å². The van der Waals surface area contributed by atoms with Gasteiger partial charge in [0.25, 0.3) is 0 Å². The molecule has 0 saturated carbocycles. The Balaban J connectivity index is 2.41. The Labute approximate surface area is 109 Å². The van der Waals surface area contributed by atoms with Gasteiger partial charge in [0.1, 0.15) is 17.3 Å². The number of ketones is 1. The molecule has 0 aromatic heterocycles. The number of para-hydroxylation sites is 1. The van der Waals surface area contributed by atoms with Crippen molar-refractivity contribution >= 4 is 17.4 Å². The van der Waals surface area contributed by atoms with E-state index in [1.54, 1.807) is 24.3 Å². The molecule has 2 nitrogen and oxygen atoms in total. The fraction of sp³-hybridized carbons (Fsp3) is 0.0714. The maximum absolute atomic E-state index is 13.1. The highest BCUT2D eigenvalue weighted by atomic mass is 35.5. The van der Waals surface area contributed by atoms with E-state index in [-0.39, 0.29) is 17.1 Å². The van der Waals surface area contributed by atoms with Gasteiger partial charge in [0.2, 0.25) is 0 Å². The molecule has 0 bridgehead atoms. The van der Waals surface area contributed by atoms with E-state index in [1.807, 2.05) is 0 Å². The Hall–Kier alpha value is -1.87. The molecule has 2 aromatic carbocycles. The van der Waals surface area contributed by atoms with Gasteiger partial charge < -0.3 is 4.74 Å². The quantitative estimate of drug-likeness (QED) is 0.765. The summed E-state index contributed by atoms with van der Waals surface area (Å²) < 4.78 is 18.6. The van der Waals surface area contributed by atoms with E-state index in [0.717, 1.165) is 6.07 Å². The van der Waals surface area contributed by atoms with Gasteiger partial charge in [-0.05, 0) is 37.3 Å². The van der Waals surface area contributed by atoms with Crippen molar-refractivity contribution in [3.05, 3.63) is 58.9 Å². The zero-order chi connectivity index (χ0) is 13.1. The summed E-state index contributed by atoms with van der Waals surface area (Å²) in [6.07, 6.45) is 0. The maximum atomic E-state index is 13.1. The Morgan fingerprint density at radius 3 is 2.56 bits per heavy atom. The number of rotatable bonds is 3. The third-order valence-corrected chi connectivity index (χ3v) is 2.69. The third-order valence-electron chi connectivity index (χ3n) is 2.38. The molecule has 18 heavy (non-hydrogen) atoms. The van der Waals surface area contributed by atoms with E-state index < -0.39 is 5.82 Å². The summed E-state index contributed by atoms with van der Waals surface area (Å²) in [5, 5.41) is 0.427. The fourth-order valence-corrected chi connectivity index (χ4v) is 1.69. The Morgan fingerprint density at radius 1 is 1.17 bits per heavy atom. The van der Waals surface area contributed by atoms with Crippen LogP contribution >= 0.6 is 11.6 Å². The molecule has 0 heterocycles. The number of ether oxygens (including phenoxy) is 1. The maximum Gasteiger partial charge on any atom is 0.163 e. The summed E-state index contributed by atoms with van der Waals surface area (Å²) >= 11 is 5.95. The molecule has 0 fully saturated rings. The highest BCUT2D eigenvalue weighted by Gasteiger charge is 2.11. The monoisotopic (exact) mass is 264 g/mol. The van der Waals surface area contributed by atoms with Crippen LogP contribution in [0.2, 0.25) is 5.02 Å². The van der Waals surface area contributed by atoms with Crippen molar-refractivity contribution in [3.8, 4) is 11.5 Å². The molecule has 0 atom stereocenters. The molecule has 0 N–H and O–H groups in total. The second kappa shape index (κ2) is 5.19. The zero-order valence-electron chi connectivity index (χ0n) is 9.61. The molecule has 0 saturated heterocycles. The summed E-state index contributed by atoms with van der Waals surface area (Å²) in [7, 11) is 0. The van der Waals surface area contributed by atoms with Crippen molar-refractivity contribution in [1.29, 1.82) is 0 Å². The van der Waals surface area contributed by atoms with Gasteiger partial charge in [-0.3, -0.25) is 4.79 Å². The Kier molecular flexibility index (Phi) is 3.63. The first kappa shape index (κ1) is 12.6. The highest BCUT2D eigenvalue weighted by molar-refractivity contribution is 6.32. The lowest BCUT2D eigenvalue weighted by Gasteiger charge is -2.10. The molecule has 0 unspecified atom stereocenters. The Bertz CT molecular complexity index is 596. The molecule has 0 aliphatic heterocycles. The van der Waals surface area contributed by atoms with E-state index in [2.05, 4.69) is 0 Å². The van der Waals surface area contributed by atoms with E-state index >= 15 is 0 Å². The molecule has 92 valence electrons. The van der Waals surface area contributed by atoms with Crippen molar-refractivity contribution < 1.29 is 13.9 Å². The lowest BCUT2D eigenvalue weighted by Crippen LogP contribution is -1.98. The lowest BCUT2D eigenvalue weighted by molar-refractivity contribution is 0.101. The number of carbonyl (C=O) groups excluding carboxylic acids is 1. The minimum Gasteiger partial charge on any atom is -0.455 e.